The van der Waals surface area contributed by atoms with E-state index in [4.69, 9.17) is 28.4 Å². The van der Waals surface area contributed by atoms with Crippen LogP contribution in [0.25, 0.3) is 0 Å². The van der Waals surface area contributed by atoms with Gasteiger partial charge in [0.2, 0.25) is 0 Å². The Labute approximate surface area is 487 Å². The lowest BCUT2D eigenvalue weighted by Gasteiger charge is -2.42. The summed E-state index contributed by atoms with van der Waals surface area (Å²) in [7, 11) is 0. The second-order valence-corrected chi connectivity index (χ2v) is 23.7. The molecule has 14 heteroatoms. The molecule has 0 spiro atoms. The van der Waals surface area contributed by atoms with Gasteiger partial charge in [-0.1, -0.05) is 263 Å². The predicted octanol–water partition coefficient (Wildman–Crippen LogP) is 13.5. The molecule has 0 amide bonds. The second-order valence-electron chi connectivity index (χ2n) is 23.7. The van der Waals surface area contributed by atoms with E-state index in [1.54, 1.807) is 0 Å². The number of ether oxygens (including phenoxy) is 6. The van der Waals surface area contributed by atoms with Crippen molar-refractivity contribution in [2.24, 2.45) is 0 Å². The number of allylic oxidation sites excluding steroid dienone is 4. The molecule has 0 aromatic rings. The number of unbranched alkanes of at least 4 members (excludes halogenated alkanes) is 38. The van der Waals surface area contributed by atoms with Crippen molar-refractivity contribution in [3.63, 3.8) is 0 Å². The predicted molar refractivity (Wildman–Crippen MR) is 321 cm³/mol. The van der Waals surface area contributed by atoms with Crippen molar-refractivity contribution in [2.45, 2.75) is 357 Å². The molecule has 0 saturated carbocycles. The summed E-state index contributed by atoms with van der Waals surface area (Å²) in [6.45, 7) is 3.75. The number of aliphatic hydroxyl groups is 7. The lowest BCUT2D eigenvalue weighted by molar-refractivity contribution is -0.332. The van der Waals surface area contributed by atoms with Crippen LogP contribution in [0.4, 0.5) is 0 Å². The van der Waals surface area contributed by atoms with Crippen molar-refractivity contribution in [1.82, 2.24) is 0 Å². The topological polar surface area (TPSA) is 214 Å². The van der Waals surface area contributed by atoms with Crippen LogP contribution < -0.4 is 0 Å². The van der Waals surface area contributed by atoms with E-state index in [-0.39, 0.29) is 25.6 Å². The molecule has 0 bridgehead atoms. The van der Waals surface area contributed by atoms with E-state index in [1.165, 1.54) is 218 Å². The first-order chi connectivity index (χ1) is 39.1. The number of esters is 1. The van der Waals surface area contributed by atoms with Crippen LogP contribution in [0.15, 0.2) is 24.3 Å². The van der Waals surface area contributed by atoms with Gasteiger partial charge in [0.15, 0.2) is 12.6 Å². The Morgan fingerprint density at radius 2 is 0.775 bits per heavy atom. The Kier molecular flexibility index (Phi) is 49.4. The van der Waals surface area contributed by atoms with E-state index in [9.17, 15) is 40.5 Å². The SMILES string of the molecule is CCCCCCC/C=C\C/C=C\CCCCCCCCCCCCCC(=O)OC(COCCCCCCCCCCCCCCCCCCCCCCCCC)COC1OC(COC2OC(CO)C(O)C(O)C2O)C(O)C(O)C1O. The van der Waals surface area contributed by atoms with Crippen molar-refractivity contribution in [2.75, 3.05) is 33.0 Å². The lowest BCUT2D eigenvalue weighted by Crippen LogP contribution is -2.61. The summed E-state index contributed by atoms with van der Waals surface area (Å²) < 4.78 is 34.5. The van der Waals surface area contributed by atoms with Gasteiger partial charge in [-0.2, -0.15) is 0 Å². The first-order valence-corrected chi connectivity index (χ1v) is 33.4. The highest BCUT2D eigenvalue weighted by Gasteiger charge is 2.47. The molecule has 11 unspecified atom stereocenters. The van der Waals surface area contributed by atoms with Crippen molar-refractivity contribution >= 4 is 5.97 Å². The molecule has 80 heavy (non-hydrogen) atoms. The van der Waals surface area contributed by atoms with Crippen LogP contribution in [0.1, 0.15) is 290 Å². The van der Waals surface area contributed by atoms with Crippen LogP contribution in [0.3, 0.4) is 0 Å². The number of hydrogen-bond acceptors (Lipinski definition) is 14. The minimum absolute atomic E-state index is 0.0664. The highest BCUT2D eigenvalue weighted by molar-refractivity contribution is 5.69. The van der Waals surface area contributed by atoms with Gasteiger partial charge in [0, 0.05) is 13.0 Å². The van der Waals surface area contributed by atoms with Gasteiger partial charge >= 0.3 is 5.97 Å². The fourth-order valence-electron chi connectivity index (χ4n) is 10.8. The molecular formula is C66H124O14. The van der Waals surface area contributed by atoms with Gasteiger partial charge in [-0.15, -0.1) is 0 Å². The summed E-state index contributed by atoms with van der Waals surface area (Å²) in [5.41, 5.74) is 0. The summed E-state index contributed by atoms with van der Waals surface area (Å²) in [6.07, 6.45) is 46.7. The van der Waals surface area contributed by atoms with Crippen LogP contribution in [-0.2, 0) is 33.2 Å². The number of carbonyl (C=O) groups is 1. The smallest absolute Gasteiger partial charge is 0.306 e. The number of hydrogen-bond donors (Lipinski definition) is 7. The third-order valence-electron chi connectivity index (χ3n) is 16.2. The molecule has 7 N–H and O–H groups in total. The quantitative estimate of drug-likeness (QED) is 0.0171. The lowest BCUT2D eigenvalue weighted by atomic mass is 9.98. The molecule has 14 nitrogen and oxygen atoms in total. The first-order valence-electron chi connectivity index (χ1n) is 33.4. The van der Waals surface area contributed by atoms with Crippen LogP contribution in [-0.4, -0.2) is 142 Å². The zero-order valence-electron chi connectivity index (χ0n) is 51.1. The van der Waals surface area contributed by atoms with Gasteiger partial charge in [-0.25, -0.2) is 0 Å². The normalized spacial score (nSPS) is 23.9. The minimum atomic E-state index is -1.71. The molecule has 2 fully saturated rings. The average molecular weight is 1140 g/mol. The molecule has 11 atom stereocenters. The van der Waals surface area contributed by atoms with Crippen molar-refractivity contribution in [1.29, 1.82) is 0 Å². The molecule has 2 aliphatic heterocycles. The van der Waals surface area contributed by atoms with E-state index in [2.05, 4.69) is 38.2 Å². The summed E-state index contributed by atoms with van der Waals surface area (Å²) >= 11 is 0. The van der Waals surface area contributed by atoms with Crippen LogP contribution >= 0.6 is 0 Å². The third kappa shape index (κ3) is 38.4. The van der Waals surface area contributed by atoms with E-state index in [0.717, 1.165) is 44.9 Å². The maximum absolute atomic E-state index is 13.1. The Morgan fingerprint density at radius 3 is 1.20 bits per heavy atom. The van der Waals surface area contributed by atoms with E-state index >= 15 is 0 Å². The molecule has 472 valence electrons. The van der Waals surface area contributed by atoms with Crippen molar-refractivity contribution in [3.8, 4) is 0 Å². The number of carbonyl (C=O) groups excluding carboxylic acids is 1. The van der Waals surface area contributed by atoms with E-state index in [0.29, 0.717) is 13.0 Å². The molecule has 2 rings (SSSR count). The largest absolute Gasteiger partial charge is 0.457 e. The molecular weight excluding hydrogens is 1020 g/mol. The van der Waals surface area contributed by atoms with Gasteiger partial charge in [0.1, 0.15) is 54.9 Å². The molecule has 0 aromatic carbocycles. The summed E-state index contributed by atoms with van der Waals surface area (Å²) in [6, 6.07) is 0. The third-order valence-corrected chi connectivity index (χ3v) is 16.2. The van der Waals surface area contributed by atoms with Gasteiger partial charge in [0.25, 0.3) is 0 Å². The zero-order valence-corrected chi connectivity index (χ0v) is 51.1. The highest BCUT2D eigenvalue weighted by Crippen LogP contribution is 2.27. The Balaban J connectivity index is 1.65. The number of rotatable bonds is 56. The summed E-state index contributed by atoms with van der Waals surface area (Å²) in [4.78, 5) is 13.1. The van der Waals surface area contributed by atoms with Crippen molar-refractivity contribution in [3.05, 3.63) is 24.3 Å². The van der Waals surface area contributed by atoms with Crippen LogP contribution in [0.2, 0.25) is 0 Å². The molecule has 2 aliphatic rings. The first kappa shape index (κ1) is 74.6. The summed E-state index contributed by atoms with van der Waals surface area (Å²) in [5, 5.41) is 72.5. The second kappa shape index (κ2) is 53.0. The van der Waals surface area contributed by atoms with Crippen LogP contribution in [0.5, 0.6) is 0 Å². The van der Waals surface area contributed by atoms with Gasteiger partial charge in [-0.05, 0) is 44.9 Å². The fraction of sp³-hybridized carbons (Fsp3) is 0.924. The van der Waals surface area contributed by atoms with Gasteiger partial charge in [-0.3, -0.25) is 4.79 Å². The maximum Gasteiger partial charge on any atom is 0.306 e. The minimum Gasteiger partial charge on any atom is -0.457 e. The number of aliphatic hydroxyl groups excluding tert-OH is 7. The van der Waals surface area contributed by atoms with Gasteiger partial charge in [0.05, 0.1) is 26.4 Å². The Morgan fingerprint density at radius 1 is 0.412 bits per heavy atom. The van der Waals surface area contributed by atoms with E-state index < -0.39 is 80.7 Å². The van der Waals surface area contributed by atoms with Gasteiger partial charge < -0.3 is 64.2 Å². The molecule has 0 aromatic heterocycles. The molecule has 2 heterocycles. The maximum atomic E-state index is 13.1. The zero-order chi connectivity index (χ0) is 57.9. The van der Waals surface area contributed by atoms with E-state index in [1.807, 2.05) is 0 Å². The average Bonchev–Trinajstić information content (AvgIpc) is 3.46. The standard InChI is InChI=1S/C66H124O14/c1-3-5-7-9-11-13-15-17-19-21-23-25-27-29-31-33-35-37-39-41-43-45-47-49-58(68)78-55(53-76-65-64(74)62(72)60(70)57(80-65)54-77-66-63(73)61(71)59(69)56(51-67)79-66)52-75-50-48-46-44-42-40-38-36-34-32-30-28-26-24-22-20-18-16-14-12-10-8-6-4-2/h15,17,21,23,55-57,59-67,69-74H,3-14,16,18-20,22,24-54H2,1-2H3/b17-15-,23-21-. The monoisotopic (exact) mass is 1140 g/mol. The Bertz CT molecular complexity index is 1420. The highest BCUT2D eigenvalue weighted by atomic mass is 16.7. The fourth-order valence-corrected chi connectivity index (χ4v) is 10.8. The van der Waals surface area contributed by atoms with Crippen LogP contribution in [0, 0.1) is 0 Å². The molecule has 2 saturated heterocycles. The Hall–Kier alpha value is -1.53. The van der Waals surface area contributed by atoms with Crippen molar-refractivity contribution < 1.29 is 69.0 Å². The summed E-state index contributed by atoms with van der Waals surface area (Å²) in [5.74, 6) is -0.371. The molecule has 0 radical (unpaired) electrons. The molecule has 0 aliphatic carbocycles.